The second-order valence-corrected chi connectivity index (χ2v) is 9.51. The monoisotopic (exact) mass is 486 g/mol. The van der Waals surface area contributed by atoms with Crippen molar-refractivity contribution < 1.29 is 28.7 Å². The zero-order valence-corrected chi connectivity index (χ0v) is 20.6. The van der Waals surface area contributed by atoms with Crippen molar-refractivity contribution in [2.45, 2.75) is 59.1 Å². The number of hydrogen-bond donors (Lipinski definition) is 2. The predicted octanol–water partition coefficient (Wildman–Crippen LogP) is 3.74. The van der Waals surface area contributed by atoms with Crippen LogP contribution in [0.25, 0.3) is 0 Å². The molecule has 34 heavy (non-hydrogen) atoms. The van der Waals surface area contributed by atoms with E-state index in [0.29, 0.717) is 22.0 Å². The van der Waals surface area contributed by atoms with Gasteiger partial charge >= 0.3 is 11.9 Å². The van der Waals surface area contributed by atoms with Crippen LogP contribution >= 0.6 is 11.3 Å². The second-order valence-electron chi connectivity index (χ2n) is 8.41. The number of amides is 2. The smallest absolute Gasteiger partial charge is 0.341 e. The fraction of sp³-hybridized carbons (Fsp3) is 0.440. The molecule has 0 fully saturated rings. The maximum atomic E-state index is 12.8. The number of hydrogen-bond acceptors (Lipinski definition) is 7. The number of fused-ring (bicyclic) bond motifs is 1. The summed E-state index contributed by atoms with van der Waals surface area (Å²) in [6.07, 6.45) is 1.42. The van der Waals surface area contributed by atoms with E-state index in [4.69, 9.17) is 9.47 Å². The van der Waals surface area contributed by atoms with Crippen LogP contribution in [0, 0.1) is 5.92 Å². The summed E-state index contributed by atoms with van der Waals surface area (Å²) in [6, 6.07) is 7.54. The third-order valence-electron chi connectivity index (χ3n) is 5.63. The first-order valence-corrected chi connectivity index (χ1v) is 12.2. The van der Waals surface area contributed by atoms with Gasteiger partial charge in [0.1, 0.15) is 11.0 Å². The number of anilines is 1. The molecule has 1 aromatic carbocycles. The number of carbonyl (C=O) groups is 4. The number of esters is 2. The maximum Gasteiger partial charge on any atom is 0.341 e. The lowest BCUT2D eigenvalue weighted by Gasteiger charge is -2.18. The number of ether oxygens (including phenoxy) is 2. The lowest BCUT2D eigenvalue weighted by Crippen LogP contribution is -2.42. The maximum absolute atomic E-state index is 12.8. The number of thiophene rings is 1. The molecule has 3 atom stereocenters. The van der Waals surface area contributed by atoms with Crippen molar-refractivity contribution in [3.8, 4) is 0 Å². The molecule has 1 aromatic heterocycles. The highest BCUT2D eigenvalue weighted by molar-refractivity contribution is 7.17. The molecule has 8 nitrogen and oxygen atoms in total. The highest BCUT2D eigenvalue weighted by atomic mass is 32.1. The first-order valence-electron chi connectivity index (χ1n) is 11.4. The van der Waals surface area contributed by atoms with Crippen LogP contribution in [0.5, 0.6) is 0 Å². The van der Waals surface area contributed by atoms with E-state index < -0.39 is 35.9 Å². The Morgan fingerprint density at radius 1 is 1.15 bits per heavy atom. The van der Waals surface area contributed by atoms with Crippen LogP contribution in [0.3, 0.4) is 0 Å². The Labute approximate surface area is 203 Å². The molecule has 9 heteroatoms. The zero-order valence-electron chi connectivity index (χ0n) is 19.8. The standard InChI is InChI=1S/C25H30N2O6S/c1-5-32-25(31)20-18-12-11-14(2)13-19(18)34-23(20)27-21(28)16(4)33-24(30)15(3)26-22(29)17-9-7-6-8-10-17/h6-10,14-16H,5,11-13H2,1-4H3,(H,26,29)(H,27,28). The molecule has 0 saturated heterocycles. The summed E-state index contributed by atoms with van der Waals surface area (Å²) in [7, 11) is 0. The van der Waals surface area contributed by atoms with Crippen LogP contribution in [0.15, 0.2) is 30.3 Å². The molecule has 0 spiro atoms. The fourth-order valence-corrected chi connectivity index (χ4v) is 5.13. The number of rotatable bonds is 8. The van der Waals surface area contributed by atoms with Gasteiger partial charge in [-0.1, -0.05) is 25.1 Å². The fourth-order valence-electron chi connectivity index (χ4n) is 3.73. The molecule has 182 valence electrons. The molecule has 0 radical (unpaired) electrons. The van der Waals surface area contributed by atoms with Gasteiger partial charge in [0.05, 0.1) is 12.2 Å². The minimum Gasteiger partial charge on any atom is -0.462 e. The van der Waals surface area contributed by atoms with E-state index in [1.807, 2.05) is 0 Å². The van der Waals surface area contributed by atoms with Crippen molar-refractivity contribution >= 4 is 40.1 Å². The minimum absolute atomic E-state index is 0.230. The van der Waals surface area contributed by atoms with E-state index in [-0.39, 0.29) is 6.61 Å². The van der Waals surface area contributed by atoms with Crippen molar-refractivity contribution in [3.63, 3.8) is 0 Å². The van der Waals surface area contributed by atoms with Gasteiger partial charge in [-0.15, -0.1) is 11.3 Å². The summed E-state index contributed by atoms with van der Waals surface area (Å²) in [5.41, 5.74) is 1.73. The molecule has 1 aliphatic carbocycles. The highest BCUT2D eigenvalue weighted by Gasteiger charge is 2.31. The minimum atomic E-state index is -1.13. The molecule has 3 rings (SSSR count). The van der Waals surface area contributed by atoms with Gasteiger partial charge in [-0.3, -0.25) is 9.59 Å². The summed E-state index contributed by atoms with van der Waals surface area (Å²) >= 11 is 1.37. The van der Waals surface area contributed by atoms with Crippen LogP contribution in [0.4, 0.5) is 5.00 Å². The van der Waals surface area contributed by atoms with E-state index in [1.54, 1.807) is 37.3 Å². The Balaban J connectivity index is 1.65. The van der Waals surface area contributed by atoms with Crippen LogP contribution in [-0.4, -0.2) is 42.5 Å². The largest absolute Gasteiger partial charge is 0.462 e. The molecule has 2 aromatic rings. The Morgan fingerprint density at radius 2 is 1.85 bits per heavy atom. The van der Waals surface area contributed by atoms with Gasteiger partial charge in [-0.2, -0.15) is 0 Å². The van der Waals surface area contributed by atoms with Crippen molar-refractivity contribution in [1.82, 2.24) is 5.32 Å². The average molecular weight is 487 g/mol. The van der Waals surface area contributed by atoms with Gasteiger partial charge in [0.2, 0.25) is 0 Å². The Morgan fingerprint density at radius 3 is 2.53 bits per heavy atom. The summed E-state index contributed by atoms with van der Waals surface area (Å²) in [5, 5.41) is 5.72. The highest BCUT2D eigenvalue weighted by Crippen LogP contribution is 2.40. The Hall–Kier alpha value is -3.20. The predicted molar refractivity (Wildman–Crippen MR) is 129 cm³/mol. The number of benzene rings is 1. The van der Waals surface area contributed by atoms with Crippen molar-refractivity contribution in [3.05, 3.63) is 51.9 Å². The molecule has 0 saturated carbocycles. The van der Waals surface area contributed by atoms with Crippen molar-refractivity contribution in [2.75, 3.05) is 11.9 Å². The molecule has 0 aliphatic heterocycles. The van der Waals surface area contributed by atoms with E-state index in [0.717, 1.165) is 29.7 Å². The molecular formula is C25H30N2O6S. The molecular weight excluding hydrogens is 456 g/mol. The number of carbonyl (C=O) groups excluding carboxylic acids is 4. The van der Waals surface area contributed by atoms with Crippen LogP contribution in [0.1, 0.15) is 65.3 Å². The zero-order chi connectivity index (χ0) is 24.8. The molecule has 0 bridgehead atoms. The van der Waals surface area contributed by atoms with Gasteiger partial charge in [0, 0.05) is 10.4 Å². The van der Waals surface area contributed by atoms with E-state index in [9.17, 15) is 19.2 Å². The Kier molecular flexibility index (Phi) is 8.44. The number of nitrogens with one attached hydrogen (secondary N) is 2. The van der Waals surface area contributed by atoms with Crippen molar-refractivity contribution in [1.29, 1.82) is 0 Å². The van der Waals surface area contributed by atoms with E-state index in [1.165, 1.54) is 25.2 Å². The average Bonchev–Trinajstić information content (AvgIpc) is 3.16. The first-order chi connectivity index (χ1) is 16.2. The normalized spacial score (nSPS) is 16.5. The van der Waals surface area contributed by atoms with Crippen LogP contribution in [0.2, 0.25) is 0 Å². The van der Waals surface area contributed by atoms with E-state index >= 15 is 0 Å². The molecule has 1 heterocycles. The first kappa shape index (κ1) is 25.4. The van der Waals surface area contributed by atoms with Gasteiger partial charge < -0.3 is 20.1 Å². The molecule has 1 aliphatic rings. The molecule has 3 unspecified atom stereocenters. The quantitative estimate of drug-likeness (QED) is 0.550. The SMILES string of the molecule is CCOC(=O)c1c(NC(=O)C(C)OC(=O)C(C)NC(=O)c2ccccc2)sc2c1CCC(C)C2. The van der Waals surface area contributed by atoms with Crippen LogP contribution < -0.4 is 10.6 Å². The molecule has 2 N–H and O–H groups in total. The van der Waals surface area contributed by atoms with Crippen LogP contribution in [-0.2, 0) is 31.9 Å². The summed E-state index contributed by atoms with van der Waals surface area (Å²) in [6.45, 7) is 7.05. The third-order valence-corrected chi connectivity index (χ3v) is 6.80. The summed E-state index contributed by atoms with van der Waals surface area (Å²) < 4.78 is 10.5. The second kappa shape index (κ2) is 11.3. The lowest BCUT2D eigenvalue weighted by molar-refractivity contribution is -0.154. The van der Waals surface area contributed by atoms with Gasteiger partial charge in [0.15, 0.2) is 6.10 Å². The topological polar surface area (TPSA) is 111 Å². The third kappa shape index (κ3) is 6.02. The molecule has 2 amide bonds. The van der Waals surface area contributed by atoms with Gasteiger partial charge in [-0.25, -0.2) is 9.59 Å². The Bertz CT molecular complexity index is 1060. The van der Waals surface area contributed by atoms with Gasteiger partial charge in [0.25, 0.3) is 11.8 Å². The summed E-state index contributed by atoms with van der Waals surface area (Å²) in [5.74, 6) is -1.69. The lowest BCUT2D eigenvalue weighted by atomic mass is 9.88. The van der Waals surface area contributed by atoms with E-state index in [2.05, 4.69) is 17.6 Å². The van der Waals surface area contributed by atoms with Crippen molar-refractivity contribution in [2.24, 2.45) is 5.92 Å². The van der Waals surface area contributed by atoms with Gasteiger partial charge in [-0.05, 0) is 63.6 Å². The summed E-state index contributed by atoms with van der Waals surface area (Å²) in [4.78, 5) is 51.2.